The number of aliphatic carboxylic acids is 1. The fraction of sp³-hybridized carbons (Fsp3) is 0.381. The lowest BCUT2D eigenvalue weighted by molar-refractivity contribution is -0.140. The summed E-state index contributed by atoms with van der Waals surface area (Å²) in [5, 5.41) is 13.6. The van der Waals surface area contributed by atoms with E-state index < -0.39 is 48.7 Å². The molecule has 1 aliphatic rings. The maximum absolute atomic E-state index is 13.1. The molecule has 0 bridgehead atoms. The van der Waals surface area contributed by atoms with Crippen molar-refractivity contribution < 1.29 is 28.7 Å². The summed E-state index contributed by atoms with van der Waals surface area (Å²) in [5.41, 5.74) is 1.09. The molecule has 0 saturated carbocycles. The molecule has 1 saturated heterocycles. The summed E-state index contributed by atoms with van der Waals surface area (Å²) < 4.78 is 12.8. The van der Waals surface area contributed by atoms with Crippen molar-refractivity contribution >= 4 is 34.9 Å². The topological polar surface area (TPSA) is 117 Å². The molecule has 3 rings (SSSR count). The van der Waals surface area contributed by atoms with Crippen molar-refractivity contribution in [2.24, 2.45) is 0 Å². The molecule has 164 valence electrons. The second kappa shape index (κ2) is 10.3. The number of thiazole rings is 1. The van der Waals surface area contributed by atoms with Gasteiger partial charge in [0, 0.05) is 17.5 Å². The number of halogens is 1. The molecule has 2 heterocycles. The van der Waals surface area contributed by atoms with E-state index in [0.29, 0.717) is 30.8 Å². The quantitative estimate of drug-likeness (QED) is 0.641. The van der Waals surface area contributed by atoms with E-state index in [2.05, 4.69) is 10.3 Å². The van der Waals surface area contributed by atoms with Crippen LogP contribution in [0.4, 0.5) is 4.39 Å². The van der Waals surface area contributed by atoms with E-state index in [0.717, 1.165) is 5.56 Å². The Hall–Kier alpha value is -3.14. The Morgan fingerprint density at radius 2 is 1.97 bits per heavy atom. The van der Waals surface area contributed by atoms with Gasteiger partial charge in [0.1, 0.15) is 29.5 Å². The van der Waals surface area contributed by atoms with Gasteiger partial charge in [0.25, 0.3) is 5.91 Å². The van der Waals surface area contributed by atoms with Gasteiger partial charge in [-0.15, -0.1) is 11.3 Å². The molecule has 2 amide bonds. The maximum Gasteiger partial charge on any atom is 0.305 e. The lowest BCUT2D eigenvalue weighted by Crippen LogP contribution is -2.55. The van der Waals surface area contributed by atoms with Crippen LogP contribution in [0.3, 0.4) is 0 Å². The van der Waals surface area contributed by atoms with Gasteiger partial charge in [0.05, 0.1) is 6.42 Å². The Kier molecular flexibility index (Phi) is 7.45. The van der Waals surface area contributed by atoms with Crippen LogP contribution in [0, 0.1) is 0 Å². The van der Waals surface area contributed by atoms with Gasteiger partial charge in [-0.1, -0.05) is 30.3 Å². The number of likely N-dealkylation sites (tertiary alicyclic amines) is 1. The zero-order valence-corrected chi connectivity index (χ0v) is 17.4. The molecule has 10 heteroatoms. The number of carboxylic acid groups (broad SMARTS) is 1. The lowest BCUT2D eigenvalue weighted by atomic mass is 10.00. The highest BCUT2D eigenvalue weighted by Gasteiger charge is 2.35. The summed E-state index contributed by atoms with van der Waals surface area (Å²) in [7, 11) is 0. The van der Waals surface area contributed by atoms with Crippen molar-refractivity contribution in [3.8, 4) is 10.6 Å². The van der Waals surface area contributed by atoms with Crippen molar-refractivity contribution in [3.63, 3.8) is 0 Å². The highest BCUT2D eigenvalue weighted by Crippen LogP contribution is 2.26. The number of rotatable bonds is 8. The molecule has 2 atom stereocenters. The van der Waals surface area contributed by atoms with Crippen LogP contribution >= 0.6 is 11.3 Å². The lowest BCUT2D eigenvalue weighted by Gasteiger charge is -2.35. The Labute approximate surface area is 182 Å². The van der Waals surface area contributed by atoms with E-state index in [-0.39, 0.29) is 5.69 Å². The number of piperidine rings is 1. The van der Waals surface area contributed by atoms with Crippen LogP contribution < -0.4 is 5.32 Å². The zero-order chi connectivity index (χ0) is 22.4. The van der Waals surface area contributed by atoms with Crippen molar-refractivity contribution in [2.75, 3.05) is 13.2 Å². The summed E-state index contributed by atoms with van der Waals surface area (Å²) in [6.07, 6.45) is 1.03. The van der Waals surface area contributed by atoms with Gasteiger partial charge in [-0.25, -0.2) is 9.37 Å². The second-order valence-electron chi connectivity index (χ2n) is 7.17. The molecule has 0 spiro atoms. The summed E-state index contributed by atoms with van der Waals surface area (Å²) in [6, 6.07) is 7.03. The predicted octanol–water partition coefficient (Wildman–Crippen LogP) is 2.30. The van der Waals surface area contributed by atoms with Crippen LogP contribution in [-0.2, 0) is 14.4 Å². The minimum absolute atomic E-state index is 0.213. The Morgan fingerprint density at radius 1 is 1.23 bits per heavy atom. The van der Waals surface area contributed by atoms with Crippen LogP contribution in [0.1, 0.15) is 36.2 Å². The number of hydrogen-bond acceptors (Lipinski definition) is 6. The fourth-order valence-electron chi connectivity index (χ4n) is 3.46. The number of carboxylic acids is 1. The van der Waals surface area contributed by atoms with Crippen molar-refractivity contribution in [1.82, 2.24) is 15.2 Å². The van der Waals surface area contributed by atoms with Crippen LogP contribution in [-0.4, -0.2) is 63.9 Å². The largest absolute Gasteiger partial charge is 0.481 e. The average Bonchev–Trinajstić information content (AvgIpc) is 3.28. The Balaban J connectivity index is 1.76. The third-order valence-corrected chi connectivity index (χ3v) is 5.92. The van der Waals surface area contributed by atoms with E-state index in [1.54, 1.807) is 5.38 Å². The van der Waals surface area contributed by atoms with Crippen molar-refractivity contribution in [2.45, 2.75) is 37.8 Å². The molecule has 2 N–H and O–H groups in total. The first-order valence-electron chi connectivity index (χ1n) is 9.83. The first-order valence-corrected chi connectivity index (χ1v) is 10.7. The van der Waals surface area contributed by atoms with Gasteiger partial charge >= 0.3 is 5.97 Å². The number of ketones is 1. The molecule has 1 fully saturated rings. The Morgan fingerprint density at radius 3 is 2.65 bits per heavy atom. The predicted molar refractivity (Wildman–Crippen MR) is 111 cm³/mol. The number of amides is 2. The number of hydrogen-bond donors (Lipinski definition) is 2. The number of benzene rings is 1. The summed E-state index contributed by atoms with van der Waals surface area (Å²) in [6.45, 7) is -1.05. The second-order valence-corrected chi connectivity index (χ2v) is 8.03. The molecule has 0 aliphatic carbocycles. The number of nitrogens with one attached hydrogen (secondary N) is 1. The first kappa shape index (κ1) is 22.5. The first-order chi connectivity index (χ1) is 14.9. The number of alkyl halides is 1. The van der Waals surface area contributed by atoms with Crippen molar-refractivity contribution in [3.05, 3.63) is 41.4 Å². The van der Waals surface area contributed by atoms with E-state index in [4.69, 9.17) is 5.11 Å². The van der Waals surface area contributed by atoms with Crippen molar-refractivity contribution in [1.29, 1.82) is 0 Å². The van der Waals surface area contributed by atoms with E-state index >= 15 is 0 Å². The number of nitrogens with zero attached hydrogens (tertiary/aromatic N) is 2. The van der Waals surface area contributed by atoms with Gasteiger partial charge in [0.2, 0.25) is 5.91 Å². The molecular formula is C21H22FN3O5S. The monoisotopic (exact) mass is 447 g/mol. The molecule has 1 aliphatic heterocycles. The smallest absolute Gasteiger partial charge is 0.305 e. The van der Waals surface area contributed by atoms with Gasteiger partial charge in [-0.2, -0.15) is 0 Å². The summed E-state index contributed by atoms with van der Waals surface area (Å²) in [4.78, 5) is 54.3. The molecular weight excluding hydrogens is 425 g/mol. The van der Waals surface area contributed by atoms with Gasteiger partial charge in [0.15, 0.2) is 5.78 Å². The number of carbonyl (C=O) groups is 4. The van der Waals surface area contributed by atoms with E-state index in [9.17, 15) is 23.6 Å². The highest BCUT2D eigenvalue weighted by atomic mass is 32.1. The minimum atomic E-state index is -1.47. The molecule has 31 heavy (non-hydrogen) atoms. The zero-order valence-electron chi connectivity index (χ0n) is 16.6. The Bertz CT molecular complexity index is 965. The number of Topliss-reactive ketones (excluding diaryl/α,β-unsaturated/α-hetero) is 1. The molecule has 1 unspecified atom stereocenters. The summed E-state index contributed by atoms with van der Waals surface area (Å²) >= 11 is 1.32. The van der Waals surface area contributed by atoms with Gasteiger partial charge < -0.3 is 15.3 Å². The van der Waals surface area contributed by atoms with Crippen LogP contribution in [0.5, 0.6) is 0 Å². The number of carbonyl (C=O) groups excluding carboxylic acids is 3. The fourth-order valence-corrected chi connectivity index (χ4v) is 4.26. The van der Waals surface area contributed by atoms with Gasteiger partial charge in [-0.3, -0.25) is 19.2 Å². The third kappa shape index (κ3) is 5.52. The van der Waals surface area contributed by atoms with E-state index in [1.165, 1.54) is 16.2 Å². The highest BCUT2D eigenvalue weighted by molar-refractivity contribution is 7.13. The van der Waals surface area contributed by atoms with Crippen LogP contribution in [0.2, 0.25) is 0 Å². The minimum Gasteiger partial charge on any atom is -0.481 e. The number of aromatic nitrogens is 1. The normalized spacial score (nSPS) is 17.1. The molecule has 0 radical (unpaired) electrons. The van der Waals surface area contributed by atoms with Gasteiger partial charge in [-0.05, 0) is 19.3 Å². The third-order valence-electron chi connectivity index (χ3n) is 5.03. The van der Waals surface area contributed by atoms with Crippen LogP contribution in [0.25, 0.3) is 10.6 Å². The molecule has 8 nitrogen and oxygen atoms in total. The standard InChI is InChI=1S/C21H22FN3O5S/c22-11-17(26)14(10-18(27)28)23-19(29)16-8-4-5-9-25(16)21(30)15-12-31-20(24-15)13-6-2-1-3-7-13/h1-3,6-7,12,14,16H,4-5,8-11H2,(H,23,29)(H,27,28)/t14?,16-/m0/s1. The molecule has 2 aromatic rings. The van der Waals surface area contributed by atoms with Crippen LogP contribution in [0.15, 0.2) is 35.7 Å². The SMILES string of the molecule is O=C(O)CC(NC(=O)[C@@H]1CCCCN1C(=O)c1csc(-c2ccccc2)n1)C(=O)CF. The molecule has 1 aromatic carbocycles. The molecule has 1 aromatic heterocycles. The average molecular weight is 447 g/mol. The van der Waals surface area contributed by atoms with E-state index in [1.807, 2.05) is 30.3 Å². The maximum atomic E-state index is 13.1. The summed E-state index contributed by atoms with van der Waals surface area (Å²) in [5.74, 6) is -3.43.